The zero-order chi connectivity index (χ0) is 7.00. The Hall–Kier alpha value is 0.490. The zero-order valence-electron chi connectivity index (χ0n) is 3.27. The van der Waals surface area contributed by atoms with Gasteiger partial charge in [-0.1, -0.05) is 11.6 Å². The lowest BCUT2D eigenvalue weighted by atomic mass is 10.7. The summed E-state index contributed by atoms with van der Waals surface area (Å²) in [7, 11) is 0. The molecule has 6 heteroatoms. The Morgan fingerprint density at radius 3 is 1.25 bits per heavy atom. The summed E-state index contributed by atoms with van der Waals surface area (Å²) in [6.07, 6.45) is -5.05. The Labute approximate surface area is 55.9 Å². The van der Waals surface area contributed by atoms with Gasteiger partial charge in [0.05, 0.1) is 0 Å². The second kappa shape index (κ2) is 2.02. The van der Waals surface area contributed by atoms with E-state index in [2.05, 4.69) is 11.6 Å². The molecule has 0 amide bonds. The fraction of sp³-hybridized carbons (Fsp3) is 1.00. The molecule has 0 radical (unpaired) electrons. The van der Waals surface area contributed by atoms with Crippen LogP contribution in [-0.4, -0.2) is 10.2 Å². The maximum atomic E-state index is 11.5. The summed E-state index contributed by atoms with van der Waals surface area (Å²) in [6.45, 7) is 0. The minimum Gasteiger partial charge on any atom is -0.203 e. The van der Waals surface area contributed by atoms with Crippen LogP contribution in [0.2, 0.25) is 0 Å². The highest BCUT2D eigenvalue weighted by Gasteiger charge is 2.53. The predicted molar refractivity (Wildman–Crippen MR) is 24.7 cm³/mol. The average Bonchev–Trinajstić information content (AvgIpc) is 1.25. The quantitative estimate of drug-likeness (QED) is 0.430. The van der Waals surface area contributed by atoms with E-state index in [1.165, 1.54) is 0 Å². The van der Waals surface area contributed by atoms with Crippen LogP contribution in [0.3, 0.4) is 0 Å². The molecule has 0 nitrogen and oxygen atoms in total. The molecule has 0 bridgehead atoms. The molecule has 0 aliphatic heterocycles. The standard InChI is InChI=1S/C2BrClF4/c3-1(4,5)2(6,7)8. The maximum Gasteiger partial charge on any atom is 0.447 e. The van der Waals surface area contributed by atoms with Gasteiger partial charge in [-0.15, -0.1) is 0 Å². The van der Waals surface area contributed by atoms with Gasteiger partial charge >= 0.3 is 10.2 Å². The lowest BCUT2D eigenvalue weighted by Crippen LogP contribution is -2.28. The van der Waals surface area contributed by atoms with Crippen molar-refractivity contribution in [2.75, 3.05) is 0 Å². The Bertz CT molecular complexity index is 69.0. The third-order valence-corrected chi connectivity index (χ3v) is 0.985. The van der Waals surface area contributed by atoms with Crippen molar-refractivity contribution in [2.45, 2.75) is 10.2 Å². The molecule has 0 aliphatic rings. The van der Waals surface area contributed by atoms with E-state index in [4.69, 9.17) is 0 Å². The monoisotopic (exact) mass is 214 g/mol. The molecule has 0 N–H and O–H groups in total. The second-order valence-electron chi connectivity index (χ2n) is 0.996. The van der Waals surface area contributed by atoms with Gasteiger partial charge in [-0.05, 0) is 15.9 Å². The normalized spacial score (nSPS) is 20.2. The van der Waals surface area contributed by atoms with Crippen molar-refractivity contribution in [1.82, 2.24) is 0 Å². The van der Waals surface area contributed by atoms with Gasteiger partial charge in [0.2, 0.25) is 0 Å². The van der Waals surface area contributed by atoms with Crippen LogP contribution in [0.1, 0.15) is 0 Å². The number of alkyl halides is 6. The molecule has 0 spiro atoms. The molecule has 0 rings (SSSR count). The third-order valence-electron chi connectivity index (χ3n) is 0.321. The summed E-state index contributed by atoms with van der Waals surface area (Å²) in [5.41, 5.74) is 0. The molecule has 0 saturated heterocycles. The minimum absolute atomic E-state index is 1.57. The van der Waals surface area contributed by atoms with Gasteiger partial charge in [-0.25, -0.2) is 4.39 Å². The topological polar surface area (TPSA) is 0 Å². The van der Waals surface area contributed by atoms with Crippen LogP contribution in [0, 0.1) is 0 Å². The van der Waals surface area contributed by atoms with E-state index in [1.54, 1.807) is 15.9 Å². The van der Waals surface area contributed by atoms with E-state index in [0.29, 0.717) is 0 Å². The lowest BCUT2D eigenvalue weighted by Gasteiger charge is -2.12. The first kappa shape index (κ1) is 8.49. The first-order valence-electron chi connectivity index (χ1n) is 1.38. The summed E-state index contributed by atoms with van der Waals surface area (Å²) in [6, 6.07) is 0. The smallest absolute Gasteiger partial charge is 0.203 e. The van der Waals surface area contributed by atoms with Crippen LogP contribution in [0.15, 0.2) is 0 Å². The third kappa shape index (κ3) is 2.17. The highest BCUT2D eigenvalue weighted by Crippen LogP contribution is 2.42. The fourth-order valence-corrected chi connectivity index (χ4v) is 0. The van der Waals surface area contributed by atoms with Gasteiger partial charge in [-0.3, -0.25) is 0 Å². The van der Waals surface area contributed by atoms with E-state index in [0.717, 1.165) is 0 Å². The van der Waals surface area contributed by atoms with Crippen LogP contribution >= 0.6 is 27.5 Å². The van der Waals surface area contributed by atoms with E-state index < -0.39 is 10.2 Å². The molecule has 1 unspecified atom stereocenters. The molecule has 0 saturated carbocycles. The molecule has 0 heterocycles. The Balaban J connectivity index is 4.02. The Morgan fingerprint density at radius 1 is 1.12 bits per heavy atom. The number of rotatable bonds is 0. The van der Waals surface area contributed by atoms with Gasteiger partial charge in [0, 0.05) is 0 Å². The largest absolute Gasteiger partial charge is 0.447 e. The second-order valence-corrected chi connectivity index (χ2v) is 3.07. The van der Waals surface area contributed by atoms with Gasteiger partial charge in [0.1, 0.15) is 0 Å². The number of halogens is 6. The predicted octanol–water partition coefficient (Wildman–Crippen LogP) is 2.81. The summed E-state index contributed by atoms with van der Waals surface area (Å²) < 4.78 is 40.7. The van der Waals surface area contributed by atoms with Crippen LogP contribution in [-0.2, 0) is 0 Å². The van der Waals surface area contributed by atoms with Gasteiger partial charge < -0.3 is 0 Å². The average molecular weight is 215 g/mol. The van der Waals surface area contributed by atoms with Crippen molar-refractivity contribution in [1.29, 1.82) is 0 Å². The van der Waals surface area contributed by atoms with Crippen molar-refractivity contribution in [3.8, 4) is 0 Å². The molecule has 0 aliphatic carbocycles. The molecule has 8 heavy (non-hydrogen) atoms. The summed E-state index contributed by atoms with van der Waals surface area (Å²) in [4.78, 5) is 0. The Kier molecular flexibility index (Phi) is 2.15. The van der Waals surface area contributed by atoms with Crippen molar-refractivity contribution in [2.24, 2.45) is 0 Å². The SMILES string of the molecule is FC(F)(F)C(F)(Cl)Br. The fourth-order valence-electron chi connectivity index (χ4n) is 0. The van der Waals surface area contributed by atoms with Gasteiger partial charge in [-0.2, -0.15) is 13.2 Å². The Morgan fingerprint density at radius 2 is 1.25 bits per heavy atom. The van der Waals surface area contributed by atoms with Crippen LogP contribution in [0.25, 0.3) is 0 Å². The molecule has 0 fully saturated rings. The van der Waals surface area contributed by atoms with Crippen LogP contribution in [0.5, 0.6) is 0 Å². The van der Waals surface area contributed by atoms with E-state index >= 15 is 0 Å². The first-order chi connectivity index (χ1) is 3.25. The zero-order valence-corrected chi connectivity index (χ0v) is 5.61. The van der Waals surface area contributed by atoms with Crippen molar-refractivity contribution < 1.29 is 17.6 Å². The summed E-state index contributed by atoms with van der Waals surface area (Å²) in [5, 5.41) is 0. The molecule has 1 atom stereocenters. The van der Waals surface area contributed by atoms with Crippen molar-refractivity contribution in [3.05, 3.63) is 0 Å². The number of hydrogen-bond acceptors (Lipinski definition) is 0. The molecule has 0 aromatic rings. The number of hydrogen-bond donors (Lipinski definition) is 0. The van der Waals surface area contributed by atoms with E-state index in [-0.39, 0.29) is 0 Å². The summed E-state index contributed by atoms with van der Waals surface area (Å²) in [5.74, 6) is 0. The molecule has 0 aromatic heterocycles. The summed E-state index contributed by atoms with van der Waals surface area (Å²) >= 11 is 5.71. The van der Waals surface area contributed by atoms with Crippen LogP contribution in [0.4, 0.5) is 17.6 Å². The highest BCUT2D eigenvalue weighted by molar-refractivity contribution is 9.10. The molecular formula is C2BrClF4. The molecule has 0 aromatic carbocycles. The van der Waals surface area contributed by atoms with E-state index in [1.807, 2.05) is 0 Å². The highest BCUT2D eigenvalue weighted by atomic mass is 79.9. The van der Waals surface area contributed by atoms with E-state index in [9.17, 15) is 17.6 Å². The van der Waals surface area contributed by atoms with Gasteiger partial charge in [0.25, 0.3) is 0 Å². The maximum absolute atomic E-state index is 11.5. The minimum atomic E-state index is -5.05. The lowest BCUT2D eigenvalue weighted by molar-refractivity contribution is -0.165. The van der Waals surface area contributed by atoms with Crippen LogP contribution < -0.4 is 0 Å². The van der Waals surface area contributed by atoms with Gasteiger partial charge in [0.15, 0.2) is 0 Å². The molecule has 50 valence electrons. The van der Waals surface area contributed by atoms with Crippen molar-refractivity contribution in [3.63, 3.8) is 0 Å². The molecular weight excluding hydrogens is 215 g/mol. The van der Waals surface area contributed by atoms with Crippen molar-refractivity contribution >= 4 is 27.5 Å². The first-order valence-corrected chi connectivity index (χ1v) is 2.55.